The number of nitrogens with zero attached hydrogens (tertiary/aromatic N) is 1. The quantitative estimate of drug-likeness (QED) is 0.709. The molecule has 1 aliphatic rings. The summed E-state index contributed by atoms with van der Waals surface area (Å²) < 4.78 is 32.6. The van der Waals surface area contributed by atoms with Gasteiger partial charge in [-0.3, -0.25) is 4.79 Å². The predicted octanol–water partition coefficient (Wildman–Crippen LogP) is 3.44. The summed E-state index contributed by atoms with van der Waals surface area (Å²) >= 11 is 0. The SMILES string of the molecule is CC(OC(=O)c1cccc(S(=O)(=O)N2CCCCCC2)c1)C(=O)Nc1ccccc1. The van der Waals surface area contributed by atoms with Crippen molar-refractivity contribution in [2.24, 2.45) is 0 Å². The minimum atomic E-state index is -3.68. The first kappa shape index (κ1) is 22.0. The minimum Gasteiger partial charge on any atom is -0.449 e. The lowest BCUT2D eigenvalue weighted by Gasteiger charge is -2.20. The largest absolute Gasteiger partial charge is 0.449 e. The third-order valence-electron chi connectivity index (χ3n) is 4.97. The summed E-state index contributed by atoms with van der Waals surface area (Å²) in [4.78, 5) is 24.8. The number of benzene rings is 2. The Morgan fingerprint density at radius 1 is 0.967 bits per heavy atom. The first-order valence-corrected chi connectivity index (χ1v) is 11.5. The number of anilines is 1. The van der Waals surface area contributed by atoms with Crippen molar-refractivity contribution in [3.8, 4) is 0 Å². The predicted molar refractivity (Wildman–Crippen MR) is 114 cm³/mol. The van der Waals surface area contributed by atoms with E-state index in [2.05, 4.69) is 5.32 Å². The van der Waals surface area contributed by atoms with Gasteiger partial charge in [0.25, 0.3) is 5.91 Å². The number of sulfonamides is 1. The fraction of sp³-hybridized carbons (Fsp3) is 0.364. The Bertz CT molecular complexity index is 984. The lowest BCUT2D eigenvalue weighted by atomic mass is 10.2. The summed E-state index contributed by atoms with van der Waals surface area (Å²) in [5, 5.41) is 2.66. The summed E-state index contributed by atoms with van der Waals surface area (Å²) in [5.74, 6) is -1.22. The standard InChI is InChI=1S/C22H26N2O5S/c1-17(21(25)23-19-11-5-4-6-12-19)29-22(26)18-10-9-13-20(16-18)30(27,28)24-14-7-2-3-8-15-24/h4-6,9-13,16-17H,2-3,7-8,14-15H2,1H3,(H,23,25). The van der Waals surface area contributed by atoms with Gasteiger partial charge in [0.1, 0.15) is 0 Å². The maximum absolute atomic E-state index is 13.0. The van der Waals surface area contributed by atoms with Crippen molar-refractivity contribution in [1.82, 2.24) is 4.31 Å². The van der Waals surface area contributed by atoms with Gasteiger partial charge in [-0.15, -0.1) is 0 Å². The smallest absolute Gasteiger partial charge is 0.338 e. The van der Waals surface area contributed by atoms with Gasteiger partial charge >= 0.3 is 5.97 Å². The van der Waals surface area contributed by atoms with Crippen LogP contribution in [0.4, 0.5) is 5.69 Å². The molecule has 0 radical (unpaired) electrons. The van der Waals surface area contributed by atoms with Crippen LogP contribution < -0.4 is 5.32 Å². The fourth-order valence-corrected chi connectivity index (χ4v) is 4.83. The van der Waals surface area contributed by atoms with Crippen LogP contribution >= 0.6 is 0 Å². The second-order valence-corrected chi connectivity index (χ2v) is 9.19. The molecule has 3 rings (SSSR count). The molecule has 1 unspecified atom stereocenters. The average Bonchev–Trinajstić information content (AvgIpc) is 3.04. The first-order valence-electron chi connectivity index (χ1n) is 10.0. The van der Waals surface area contributed by atoms with E-state index in [0.29, 0.717) is 18.8 Å². The van der Waals surface area contributed by atoms with Crippen LogP contribution in [0.1, 0.15) is 43.0 Å². The van der Waals surface area contributed by atoms with E-state index in [4.69, 9.17) is 4.74 Å². The average molecular weight is 431 g/mol. The molecule has 8 heteroatoms. The molecule has 7 nitrogen and oxygen atoms in total. The Labute approximate surface area is 177 Å². The number of amides is 1. The van der Waals surface area contributed by atoms with Crippen molar-refractivity contribution in [3.05, 3.63) is 60.2 Å². The van der Waals surface area contributed by atoms with E-state index in [9.17, 15) is 18.0 Å². The second kappa shape index (κ2) is 9.86. The molecular weight excluding hydrogens is 404 g/mol. The lowest BCUT2D eigenvalue weighted by molar-refractivity contribution is -0.123. The number of rotatable bonds is 6. The Morgan fingerprint density at radius 3 is 2.30 bits per heavy atom. The van der Waals surface area contributed by atoms with Gasteiger partial charge in [-0.1, -0.05) is 37.1 Å². The van der Waals surface area contributed by atoms with Crippen LogP contribution in [0.15, 0.2) is 59.5 Å². The van der Waals surface area contributed by atoms with Crippen molar-refractivity contribution >= 4 is 27.6 Å². The molecule has 0 spiro atoms. The molecule has 2 aromatic rings. The summed E-state index contributed by atoms with van der Waals surface area (Å²) in [6.45, 7) is 2.43. The fourth-order valence-electron chi connectivity index (χ4n) is 3.26. The molecule has 0 saturated carbocycles. The number of carbonyl (C=O) groups excluding carboxylic acids is 2. The molecule has 1 atom stereocenters. The molecule has 0 aliphatic carbocycles. The van der Waals surface area contributed by atoms with Crippen LogP contribution in [0.25, 0.3) is 0 Å². The number of ether oxygens (including phenoxy) is 1. The summed E-state index contributed by atoms with van der Waals surface area (Å²) in [5.41, 5.74) is 0.682. The molecule has 1 amide bonds. The molecule has 0 aromatic heterocycles. The zero-order valence-corrected chi connectivity index (χ0v) is 17.7. The summed E-state index contributed by atoms with van der Waals surface area (Å²) in [6.07, 6.45) is 2.65. The van der Waals surface area contributed by atoms with Crippen LogP contribution in [0.5, 0.6) is 0 Å². The van der Waals surface area contributed by atoms with E-state index in [1.165, 1.54) is 35.5 Å². The highest BCUT2D eigenvalue weighted by molar-refractivity contribution is 7.89. The third kappa shape index (κ3) is 5.46. The first-order chi connectivity index (χ1) is 14.4. The van der Waals surface area contributed by atoms with Crippen molar-refractivity contribution in [3.63, 3.8) is 0 Å². The van der Waals surface area contributed by atoms with Gasteiger partial charge in [0, 0.05) is 18.8 Å². The third-order valence-corrected chi connectivity index (χ3v) is 6.86. The van der Waals surface area contributed by atoms with Crippen LogP contribution in [0.2, 0.25) is 0 Å². The Kier molecular flexibility index (Phi) is 7.23. The van der Waals surface area contributed by atoms with Crippen molar-refractivity contribution < 1.29 is 22.7 Å². The monoisotopic (exact) mass is 430 g/mol. The number of carbonyl (C=O) groups is 2. The highest BCUT2D eigenvalue weighted by atomic mass is 32.2. The molecule has 0 bridgehead atoms. The zero-order chi connectivity index (χ0) is 21.6. The van der Waals surface area contributed by atoms with Crippen molar-refractivity contribution in [1.29, 1.82) is 0 Å². The van der Waals surface area contributed by atoms with E-state index < -0.39 is 28.0 Å². The van der Waals surface area contributed by atoms with Crippen LogP contribution in [0.3, 0.4) is 0 Å². The molecule has 2 aromatic carbocycles. The van der Waals surface area contributed by atoms with E-state index in [-0.39, 0.29) is 10.5 Å². The van der Waals surface area contributed by atoms with Gasteiger partial charge in [0.2, 0.25) is 10.0 Å². The lowest BCUT2D eigenvalue weighted by Crippen LogP contribution is -2.32. The van der Waals surface area contributed by atoms with Crippen LogP contribution in [0, 0.1) is 0 Å². The van der Waals surface area contributed by atoms with Gasteiger partial charge in [-0.25, -0.2) is 13.2 Å². The van der Waals surface area contributed by atoms with Crippen molar-refractivity contribution in [2.45, 2.75) is 43.6 Å². The maximum Gasteiger partial charge on any atom is 0.338 e. The molecule has 1 heterocycles. The second-order valence-electron chi connectivity index (χ2n) is 7.25. The topological polar surface area (TPSA) is 92.8 Å². The molecule has 1 N–H and O–H groups in total. The zero-order valence-electron chi connectivity index (χ0n) is 16.9. The number of esters is 1. The van der Waals surface area contributed by atoms with Gasteiger partial charge in [0.15, 0.2) is 6.10 Å². The van der Waals surface area contributed by atoms with Gasteiger partial charge < -0.3 is 10.1 Å². The van der Waals surface area contributed by atoms with Crippen molar-refractivity contribution in [2.75, 3.05) is 18.4 Å². The van der Waals surface area contributed by atoms with Crippen LogP contribution in [-0.4, -0.2) is 43.8 Å². The van der Waals surface area contributed by atoms with Gasteiger partial charge in [-0.2, -0.15) is 4.31 Å². The highest BCUT2D eigenvalue weighted by Crippen LogP contribution is 2.21. The molecule has 160 valence electrons. The molecular formula is C22H26N2O5S. The Balaban J connectivity index is 1.68. The van der Waals surface area contributed by atoms with E-state index >= 15 is 0 Å². The minimum absolute atomic E-state index is 0.0558. The van der Waals surface area contributed by atoms with E-state index in [1.807, 2.05) is 6.07 Å². The van der Waals surface area contributed by atoms with E-state index in [0.717, 1.165) is 25.7 Å². The number of hydrogen-bond acceptors (Lipinski definition) is 5. The van der Waals surface area contributed by atoms with Gasteiger partial charge in [-0.05, 0) is 50.1 Å². The normalized spacial score (nSPS) is 16.3. The maximum atomic E-state index is 13.0. The van der Waals surface area contributed by atoms with E-state index in [1.54, 1.807) is 24.3 Å². The Hall–Kier alpha value is -2.71. The molecule has 1 fully saturated rings. The molecule has 30 heavy (non-hydrogen) atoms. The summed E-state index contributed by atoms with van der Waals surface area (Å²) in [6, 6.07) is 14.6. The number of hydrogen-bond donors (Lipinski definition) is 1. The van der Waals surface area contributed by atoms with Crippen LogP contribution in [-0.2, 0) is 19.6 Å². The summed E-state index contributed by atoms with van der Waals surface area (Å²) in [7, 11) is -3.68. The Morgan fingerprint density at radius 2 is 1.63 bits per heavy atom. The molecule has 1 saturated heterocycles. The number of para-hydroxylation sites is 1. The number of nitrogens with one attached hydrogen (secondary N) is 1. The molecule has 1 aliphatic heterocycles. The highest BCUT2D eigenvalue weighted by Gasteiger charge is 2.26. The van der Waals surface area contributed by atoms with Gasteiger partial charge in [0.05, 0.1) is 10.5 Å².